The number of fused-ring (bicyclic) bond motifs is 2. The van der Waals surface area contributed by atoms with Crippen LogP contribution in [-0.2, 0) is 12.8 Å². The van der Waals surface area contributed by atoms with Gasteiger partial charge < -0.3 is 5.11 Å². The van der Waals surface area contributed by atoms with Crippen molar-refractivity contribution in [2.75, 3.05) is 13.1 Å². The van der Waals surface area contributed by atoms with Crippen LogP contribution < -0.4 is 0 Å². The highest BCUT2D eigenvalue weighted by atomic mass is 16.3. The molecule has 2 atom stereocenters. The van der Waals surface area contributed by atoms with E-state index in [1.165, 1.54) is 24.1 Å². The van der Waals surface area contributed by atoms with Crippen molar-refractivity contribution in [1.82, 2.24) is 4.90 Å². The summed E-state index contributed by atoms with van der Waals surface area (Å²) in [6.45, 7) is 6.01. The molecule has 1 aromatic carbocycles. The predicted octanol–water partition coefficient (Wildman–Crippen LogP) is 2.37. The van der Waals surface area contributed by atoms with Crippen molar-refractivity contribution < 1.29 is 5.11 Å². The Hall–Kier alpha value is -1.28. The fourth-order valence-corrected chi connectivity index (χ4v) is 3.45. The van der Waals surface area contributed by atoms with Gasteiger partial charge in [-0.2, -0.15) is 0 Å². The minimum atomic E-state index is 0.489. The summed E-state index contributed by atoms with van der Waals surface area (Å²) in [5.74, 6) is 1.21. The molecule has 3 rings (SSSR count). The molecular formula is C15H19NO. The van der Waals surface area contributed by atoms with E-state index < -0.39 is 0 Å². The van der Waals surface area contributed by atoms with Crippen LogP contribution in [0.3, 0.4) is 0 Å². The summed E-state index contributed by atoms with van der Waals surface area (Å²) in [5, 5.41) is 9.92. The SMILES string of the molecule is C=CCN1CCC2Cc3c(O)cccc3CC21. The maximum absolute atomic E-state index is 9.92. The molecule has 1 saturated heterocycles. The number of phenolic OH excluding ortho intramolecular Hbond substituents is 1. The molecule has 2 aliphatic rings. The highest BCUT2D eigenvalue weighted by Gasteiger charge is 2.37. The molecule has 1 N–H and O–H groups in total. The fourth-order valence-electron chi connectivity index (χ4n) is 3.45. The molecule has 1 fully saturated rings. The second kappa shape index (κ2) is 4.19. The largest absolute Gasteiger partial charge is 0.508 e. The molecule has 90 valence electrons. The second-order valence-corrected chi connectivity index (χ2v) is 5.22. The summed E-state index contributed by atoms with van der Waals surface area (Å²) < 4.78 is 0. The van der Waals surface area contributed by atoms with Crippen molar-refractivity contribution >= 4 is 0 Å². The van der Waals surface area contributed by atoms with Crippen LogP contribution >= 0.6 is 0 Å². The minimum Gasteiger partial charge on any atom is -0.508 e. The van der Waals surface area contributed by atoms with Gasteiger partial charge in [-0.05, 0) is 48.9 Å². The van der Waals surface area contributed by atoms with Crippen LogP contribution in [0.1, 0.15) is 17.5 Å². The Bertz CT molecular complexity index is 441. The van der Waals surface area contributed by atoms with E-state index in [2.05, 4.69) is 17.5 Å². The lowest BCUT2D eigenvalue weighted by Gasteiger charge is -2.32. The molecule has 17 heavy (non-hydrogen) atoms. The van der Waals surface area contributed by atoms with Crippen LogP contribution in [0.15, 0.2) is 30.9 Å². The number of phenols is 1. The highest BCUT2D eigenvalue weighted by Crippen LogP contribution is 2.38. The topological polar surface area (TPSA) is 23.5 Å². The Kier molecular flexibility index (Phi) is 2.67. The Morgan fingerprint density at radius 3 is 3.12 bits per heavy atom. The van der Waals surface area contributed by atoms with E-state index in [9.17, 15) is 5.11 Å². The zero-order valence-corrected chi connectivity index (χ0v) is 10.1. The third-order valence-corrected chi connectivity index (χ3v) is 4.31. The van der Waals surface area contributed by atoms with E-state index in [1.54, 1.807) is 0 Å². The van der Waals surface area contributed by atoms with Gasteiger partial charge in [0.15, 0.2) is 0 Å². The number of aromatic hydroxyl groups is 1. The smallest absolute Gasteiger partial charge is 0.119 e. The van der Waals surface area contributed by atoms with Crippen molar-refractivity contribution in [3.8, 4) is 5.75 Å². The molecule has 2 unspecified atom stereocenters. The summed E-state index contributed by atoms with van der Waals surface area (Å²) in [6, 6.07) is 6.59. The maximum atomic E-state index is 9.92. The summed E-state index contributed by atoms with van der Waals surface area (Å²) in [7, 11) is 0. The second-order valence-electron chi connectivity index (χ2n) is 5.22. The van der Waals surface area contributed by atoms with E-state index in [0.29, 0.717) is 11.8 Å². The van der Waals surface area contributed by atoms with Gasteiger partial charge in [0.1, 0.15) is 5.75 Å². The average Bonchev–Trinajstić information content (AvgIpc) is 2.71. The predicted molar refractivity (Wildman–Crippen MR) is 69.2 cm³/mol. The van der Waals surface area contributed by atoms with E-state index in [0.717, 1.165) is 25.3 Å². The van der Waals surface area contributed by atoms with E-state index in [1.807, 2.05) is 18.2 Å². The molecule has 1 aliphatic carbocycles. The Morgan fingerprint density at radius 1 is 1.41 bits per heavy atom. The average molecular weight is 229 g/mol. The molecular weight excluding hydrogens is 210 g/mol. The maximum Gasteiger partial charge on any atom is 0.119 e. The lowest BCUT2D eigenvalue weighted by molar-refractivity contribution is 0.235. The van der Waals surface area contributed by atoms with Gasteiger partial charge >= 0.3 is 0 Å². The summed E-state index contributed by atoms with van der Waals surface area (Å²) in [4.78, 5) is 2.53. The van der Waals surface area contributed by atoms with E-state index in [-0.39, 0.29) is 0 Å². The summed E-state index contributed by atoms with van der Waals surface area (Å²) in [6.07, 6.45) is 5.38. The Labute approximate surface area is 103 Å². The van der Waals surface area contributed by atoms with Gasteiger partial charge in [-0.1, -0.05) is 18.2 Å². The zero-order valence-electron chi connectivity index (χ0n) is 10.1. The van der Waals surface area contributed by atoms with E-state index in [4.69, 9.17) is 0 Å². The first-order valence-electron chi connectivity index (χ1n) is 6.44. The number of likely N-dealkylation sites (tertiary alicyclic amines) is 1. The van der Waals surface area contributed by atoms with Crippen molar-refractivity contribution in [2.45, 2.75) is 25.3 Å². The molecule has 0 radical (unpaired) electrons. The molecule has 0 aromatic heterocycles. The molecule has 1 aliphatic heterocycles. The van der Waals surface area contributed by atoms with E-state index >= 15 is 0 Å². The summed E-state index contributed by atoms with van der Waals surface area (Å²) in [5.41, 5.74) is 2.52. The fraction of sp³-hybridized carbons (Fsp3) is 0.467. The lowest BCUT2D eigenvalue weighted by atomic mass is 9.80. The molecule has 0 bridgehead atoms. The standard InChI is InChI=1S/C15H19NO/c1-2-7-16-8-6-12-9-13-11(10-14(12)16)4-3-5-15(13)17/h2-5,12,14,17H,1,6-10H2. The van der Waals surface area contributed by atoms with Crippen LogP contribution in [-0.4, -0.2) is 29.1 Å². The van der Waals surface area contributed by atoms with Gasteiger partial charge in [-0.15, -0.1) is 6.58 Å². The van der Waals surface area contributed by atoms with Crippen molar-refractivity contribution in [3.05, 3.63) is 42.0 Å². The van der Waals surface area contributed by atoms with Crippen LogP contribution in [0.25, 0.3) is 0 Å². The molecule has 1 heterocycles. The van der Waals surface area contributed by atoms with Gasteiger partial charge in [0.05, 0.1) is 0 Å². The van der Waals surface area contributed by atoms with Gasteiger partial charge in [0.2, 0.25) is 0 Å². The van der Waals surface area contributed by atoms with Crippen molar-refractivity contribution in [1.29, 1.82) is 0 Å². The first kappa shape index (κ1) is 10.8. The Morgan fingerprint density at radius 2 is 2.29 bits per heavy atom. The number of nitrogens with zero attached hydrogens (tertiary/aromatic N) is 1. The van der Waals surface area contributed by atoms with Crippen molar-refractivity contribution in [2.24, 2.45) is 5.92 Å². The summed E-state index contributed by atoms with van der Waals surface area (Å²) >= 11 is 0. The van der Waals surface area contributed by atoms with Crippen LogP contribution in [0.2, 0.25) is 0 Å². The lowest BCUT2D eigenvalue weighted by Crippen LogP contribution is -2.38. The monoisotopic (exact) mass is 229 g/mol. The molecule has 0 spiro atoms. The normalized spacial score (nSPS) is 27.5. The van der Waals surface area contributed by atoms with Crippen LogP contribution in [0.5, 0.6) is 5.75 Å². The van der Waals surface area contributed by atoms with Gasteiger partial charge in [-0.3, -0.25) is 4.90 Å². The van der Waals surface area contributed by atoms with Gasteiger partial charge in [0, 0.05) is 12.6 Å². The first-order chi connectivity index (χ1) is 8.29. The van der Waals surface area contributed by atoms with Crippen LogP contribution in [0.4, 0.5) is 0 Å². The third-order valence-electron chi connectivity index (χ3n) is 4.31. The van der Waals surface area contributed by atoms with Gasteiger partial charge in [-0.25, -0.2) is 0 Å². The number of hydrogen-bond acceptors (Lipinski definition) is 2. The molecule has 1 aromatic rings. The molecule has 2 heteroatoms. The molecule has 0 saturated carbocycles. The number of hydrogen-bond donors (Lipinski definition) is 1. The Balaban J connectivity index is 1.89. The number of benzene rings is 1. The molecule has 0 amide bonds. The number of rotatable bonds is 2. The first-order valence-corrected chi connectivity index (χ1v) is 6.44. The zero-order chi connectivity index (χ0) is 11.8. The highest BCUT2D eigenvalue weighted by molar-refractivity contribution is 5.42. The quantitative estimate of drug-likeness (QED) is 0.787. The van der Waals surface area contributed by atoms with Crippen molar-refractivity contribution in [3.63, 3.8) is 0 Å². The minimum absolute atomic E-state index is 0.489. The third kappa shape index (κ3) is 1.77. The van der Waals surface area contributed by atoms with Crippen LogP contribution in [0, 0.1) is 5.92 Å². The van der Waals surface area contributed by atoms with Gasteiger partial charge in [0.25, 0.3) is 0 Å². The molecule has 2 nitrogen and oxygen atoms in total.